The Morgan fingerprint density at radius 1 is 1.44 bits per heavy atom. The van der Waals surface area contributed by atoms with Crippen LogP contribution < -0.4 is 10.1 Å². The molecule has 3 nitrogen and oxygen atoms in total. The van der Waals surface area contributed by atoms with E-state index in [0.29, 0.717) is 6.42 Å². The van der Waals surface area contributed by atoms with Crippen molar-refractivity contribution in [2.45, 2.75) is 25.4 Å². The van der Waals surface area contributed by atoms with Crippen molar-refractivity contribution in [3.8, 4) is 11.8 Å². The fraction of sp³-hybridized carbons (Fsp3) is 0.462. The fourth-order valence-electron chi connectivity index (χ4n) is 1.92. The van der Waals surface area contributed by atoms with Crippen LogP contribution in [0.15, 0.2) is 24.3 Å². The molecule has 1 heterocycles. The number of nitrogens with zero attached hydrogens (tertiary/aromatic N) is 1. The first-order valence-corrected chi connectivity index (χ1v) is 5.72. The Balaban J connectivity index is 1.70. The average Bonchev–Trinajstić information content (AvgIpc) is 2.71. The van der Waals surface area contributed by atoms with E-state index in [1.54, 1.807) is 0 Å². The molecule has 1 aromatic carbocycles. The highest BCUT2D eigenvalue weighted by molar-refractivity contribution is 5.37. The predicted octanol–water partition coefficient (Wildman–Crippen LogP) is 1.88. The van der Waals surface area contributed by atoms with Gasteiger partial charge in [-0.3, -0.25) is 0 Å². The Bertz CT molecular complexity index is 359. The van der Waals surface area contributed by atoms with Gasteiger partial charge in [0, 0.05) is 19.4 Å². The van der Waals surface area contributed by atoms with Crippen molar-refractivity contribution in [1.82, 2.24) is 5.32 Å². The molecular formula is C13H16N2O. The van der Waals surface area contributed by atoms with Gasteiger partial charge in [0.1, 0.15) is 11.9 Å². The lowest BCUT2D eigenvalue weighted by molar-refractivity contribution is 0.228. The monoisotopic (exact) mass is 216 g/mol. The topological polar surface area (TPSA) is 45.0 Å². The van der Waals surface area contributed by atoms with Gasteiger partial charge in [-0.15, -0.1) is 0 Å². The van der Waals surface area contributed by atoms with Gasteiger partial charge in [0.2, 0.25) is 0 Å². The highest BCUT2D eigenvalue weighted by Crippen LogP contribution is 2.27. The third-order valence-electron chi connectivity index (χ3n) is 2.73. The molecule has 0 fully saturated rings. The minimum atomic E-state index is 0.250. The van der Waals surface area contributed by atoms with Gasteiger partial charge in [-0.1, -0.05) is 18.2 Å². The van der Waals surface area contributed by atoms with Gasteiger partial charge in [0.25, 0.3) is 0 Å². The van der Waals surface area contributed by atoms with Crippen LogP contribution in [0.5, 0.6) is 5.75 Å². The zero-order valence-corrected chi connectivity index (χ0v) is 9.28. The Morgan fingerprint density at radius 3 is 3.12 bits per heavy atom. The number of benzene rings is 1. The van der Waals surface area contributed by atoms with E-state index in [1.807, 2.05) is 18.2 Å². The summed E-state index contributed by atoms with van der Waals surface area (Å²) in [6.45, 7) is 1.75. The van der Waals surface area contributed by atoms with Crippen molar-refractivity contribution in [2.75, 3.05) is 13.1 Å². The normalized spacial score (nSPS) is 17.6. The van der Waals surface area contributed by atoms with Crippen molar-refractivity contribution in [2.24, 2.45) is 0 Å². The van der Waals surface area contributed by atoms with E-state index >= 15 is 0 Å². The van der Waals surface area contributed by atoms with E-state index < -0.39 is 0 Å². The average molecular weight is 216 g/mol. The number of para-hydroxylation sites is 1. The summed E-state index contributed by atoms with van der Waals surface area (Å²) in [6, 6.07) is 10.3. The summed E-state index contributed by atoms with van der Waals surface area (Å²) in [5.41, 5.74) is 1.30. The van der Waals surface area contributed by atoms with Gasteiger partial charge in [0.05, 0.1) is 6.07 Å². The van der Waals surface area contributed by atoms with Crippen molar-refractivity contribution in [3.05, 3.63) is 29.8 Å². The lowest BCUT2D eigenvalue weighted by Crippen LogP contribution is -2.30. The lowest BCUT2D eigenvalue weighted by atomic mass is 10.1. The molecule has 0 bridgehead atoms. The molecule has 84 valence electrons. The number of unbranched alkanes of at least 4 members (excludes halogenated alkanes) is 1. The highest BCUT2D eigenvalue weighted by Gasteiger charge is 2.21. The maximum atomic E-state index is 8.39. The van der Waals surface area contributed by atoms with Gasteiger partial charge in [-0.05, 0) is 24.6 Å². The van der Waals surface area contributed by atoms with E-state index in [4.69, 9.17) is 10.00 Å². The molecule has 2 rings (SSSR count). The van der Waals surface area contributed by atoms with Crippen molar-refractivity contribution >= 4 is 0 Å². The Labute approximate surface area is 96.0 Å². The number of hydrogen-bond donors (Lipinski definition) is 1. The third kappa shape index (κ3) is 2.74. The van der Waals surface area contributed by atoms with E-state index in [2.05, 4.69) is 17.5 Å². The molecule has 0 aromatic heterocycles. The maximum absolute atomic E-state index is 8.39. The minimum Gasteiger partial charge on any atom is -0.488 e. The number of fused-ring (bicyclic) bond motifs is 1. The summed E-state index contributed by atoms with van der Waals surface area (Å²) in [5.74, 6) is 1.02. The Morgan fingerprint density at radius 2 is 2.31 bits per heavy atom. The van der Waals surface area contributed by atoms with Crippen LogP contribution >= 0.6 is 0 Å². The molecule has 0 saturated carbocycles. The van der Waals surface area contributed by atoms with Gasteiger partial charge < -0.3 is 10.1 Å². The molecule has 1 unspecified atom stereocenters. The molecule has 1 aliphatic heterocycles. The summed E-state index contributed by atoms with van der Waals surface area (Å²) in [7, 11) is 0. The molecule has 1 N–H and O–H groups in total. The molecule has 0 radical (unpaired) electrons. The van der Waals surface area contributed by atoms with Crippen LogP contribution in [0.3, 0.4) is 0 Å². The smallest absolute Gasteiger partial charge is 0.123 e. The molecule has 0 amide bonds. The molecule has 16 heavy (non-hydrogen) atoms. The summed E-state index contributed by atoms with van der Waals surface area (Å²) in [6.07, 6.45) is 2.77. The Hall–Kier alpha value is -1.53. The van der Waals surface area contributed by atoms with Gasteiger partial charge in [-0.2, -0.15) is 5.26 Å². The lowest BCUT2D eigenvalue weighted by Gasteiger charge is -2.11. The van der Waals surface area contributed by atoms with Gasteiger partial charge in [0.15, 0.2) is 0 Å². The van der Waals surface area contributed by atoms with Crippen LogP contribution in [0.25, 0.3) is 0 Å². The summed E-state index contributed by atoms with van der Waals surface area (Å²) in [5, 5.41) is 11.7. The largest absolute Gasteiger partial charge is 0.488 e. The van der Waals surface area contributed by atoms with Crippen LogP contribution in [0.2, 0.25) is 0 Å². The number of ether oxygens (including phenoxy) is 1. The number of rotatable bonds is 5. The summed E-state index contributed by atoms with van der Waals surface area (Å²) in [4.78, 5) is 0. The molecule has 0 aliphatic carbocycles. The van der Waals surface area contributed by atoms with Crippen molar-refractivity contribution in [3.63, 3.8) is 0 Å². The van der Waals surface area contributed by atoms with E-state index in [1.165, 1.54) is 5.56 Å². The first-order valence-electron chi connectivity index (χ1n) is 5.72. The zero-order valence-electron chi connectivity index (χ0n) is 9.28. The molecule has 3 heteroatoms. The van der Waals surface area contributed by atoms with Crippen molar-refractivity contribution < 1.29 is 4.74 Å². The number of hydrogen-bond acceptors (Lipinski definition) is 3. The number of nitriles is 1. The van der Waals surface area contributed by atoms with Gasteiger partial charge >= 0.3 is 0 Å². The van der Waals surface area contributed by atoms with E-state index in [0.717, 1.165) is 31.7 Å². The second kappa shape index (κ2) is 5.53. The predicted molar refractivity (Wildman–Crippen MR) is 62.3 cm³/mol. The van der Waals surface area contributed by atoms with Gasteiger partial charge in [-0.25, -0.2) is 0 Å². The SMILES string of the molecule is N#CCCCNCC1Cc2ccccc2O1. The van der Waals surface area contributed by atoms with Crippen LogP contribution in [-0.2, 0) is 6.42 Å². The van der Waals surface area contributed by atoms with Crippen LogP contribution in [0.4, 0.5) is 0 Å². The van der Waals surface area contributed by atoms with Crippen LogP contribution in [-0.4, -0.2) is 19.2 Å². The molecule has 1 aromatic rings. The van der Waals surface area contributed by atoms with Crippen molar-refractivity contribution in [1.29, 1.82) is 5.26 Å². The quantitative estimate of drug-likeness (QED) is 0.764. The molecule has 1 atom stereocenters. The summed E-state index contributed by atoms with van der Waals surface area (Å²) >= 11 is 0. The standard InChI is InChI=1S/C13H16N2O/c14-7-3-4-8-15-10-12-9-11-5-1-2-6-13(11)16-12/h1-2,5-6,12,15H,3-4,8-10H2. The fourth-order valence-corrected chi connectivity index (χ4v) is 1.92. The zero-order chi connectivity index (χ0) is 11.2. The molecular weight excluding hydrogens is 200 g/mol. The molecule has 0 spiro atoms. The highest BCUT2D eigenvalue weighted by atomic mass is 16.5. The third-order valence-corrected chi connectivity index (χ3v) is 2.73. The second-order valence-corrected chi connectivity index (χ2v) is 4.02. The van der Waals surface area contributed by atoms with E-state index in [9.17, 15) is 0 Å². The second-order valence-electron chi connectivity index (χ2n) is 4.02. The Kier molecular flexibility index (Phi) is 3.79. The van der Waals surface area contributed by atoms with E-state index in [-0.39, 0.29) is 6.10 Å². The summed E-state index contributed by atoms with van der Waals surface area (Å²) < 4.78 is 5.79. The molecule has 1 aliphatic rings. The maximum Gasteiger partial charge on any atom is 0.123 e. The first-order chi connectivity index (χ1) is 7.90. The first kappa shape index (κ1) is 11.0. The van der Waals surface area contributed by atoms with Crippen LogP contribution in [0.1, 0.15) is 18.4 Å². The molecule has 0 saturated heterocycles. The minimum absolute atomic E-state index is 0.250. The van der Waals surface area contributed by atoms with Crippen LogP contribution in [0, 0.1) is 11.3 Å². The number of nitrogens with one attached hydrogen (secondary N) is 1.